The number of hydrogen-bond donors (Lipinski definition) is 2. The van der Waals surface area contributed by atoms with Crippen LogP contribution in [0.5, 0.6) is 0 Å². The SMILES string of the molecule is CC1=CC(Nc2nc(NC(C)c3ccc(F)cn3)c(C#N)nc2C)=NC1. The van der Waals surface area contributed by atoms with Crippen molar-refractivity contribution in [1.29, 1.82) is 5.26 Å². The summed E-state index contributed by atoms with van der Waals surface area (Å²) in [4.78, 5) is 17.2. The lowest BCUT2D eigenvalue weighted by Crippen LogP contribution is -2.16. The average molecular weight is 351 g/mol. The number of aliphatic imine (C=N–C) groups is 1. The van der Waals surface area contributed by atoms with E-state index in [-0.39, 0.29) is 11.7 Å². The number of anilines is 2. The fraction of sp³-hybridized carbons (Fsp3) is 0.278. The summed E-state index contributed by atoms with van der Waals surface area (Å²) in [6, 6.07) is 4.69. The molecule has 0 aromatic carbocycles. The number of hydrogen-bond acceptors (Lipinski definition) is 7. The molecule has 7 nitrogen and oxygen atoms in total. The highest BCUT2D eigenvalue weighted by atomic mass is 19.1. The summed E-state index contributed by atoms with van der Waals surface area (Å²) < 4.78 is 13.0. The number of aromatic nitrogens is 3. The first-order chi connectivity index (χ1) is 12.5. The summed E-state index contributed by atoms with van der Waals surface area (Å²) in [5.74, 6) is 1.17. The molecule has 132 valence electrons. The minimum atomic E-state index is -0.402. The third kappa shape index (κ3) is 3.83. The molecule has 1 aliphatic rings. The quantitative estimate of drug-likeness (QED) is 0.878. The van der Waals surface area contributed by atoms with Crippen molar-refractivity contribution >= 4 is 17.5 Å². The molecule has 26 heavy (non-hydrogen) atoms. The van der Waals surface area contributed by atoms with E-state index in [9.17, 15) is 9.65 Å². The number of halogens is 1. The number of aryl methyl sites for hydroxylation is 1. The minimum absolute atomic E-state index is 0.182. The average Bonchev–Trinajstić information content (AvgIpc) is 3.03. The van der Waals surface area contributed by atoms with Crippen LogP contribution in [0.4, 0.5) is 16.0 Å². The highest BCUT2D eigenvalue weighted by Crippen LogP contribution is 2.22. The molecule has 3 rings (SSSR count). The van der Waals surface area contributed by atoms with Crippen molar-refractivity contribution in [3.05, 3.63) is 52.9 Å². The summed E-state index contributed by atoms with van der Waals surface area (Å²) in [5.41, 5.74) is 2.56. The summed E-state index contributed by atoms with van der Waals surface area (Å²) in [6.07, 6.45) is 3.09. The topological polar surface area (TPSA) is 98.9 Å². The van der Waals surface area contributed by atoms with E-state index >= 15 is 0 Å². The van der Waals surface area contributed by atoms with Crippen molar-refractivity contribution in [3.8, 4) is 6.07 Å². The Morgan fingerprint density at radius 1 is 1.23 bits per heavy atom. The zero-order valence-electron chi connectivity index (χ0n) is 14.7. The fourth-order valence-electron chi connectivity index (χ4n) is 2.47. The van der Waals surface area contributed by atoms with Gasteiger partial charge in [-0.15, -0.1) is 0 Å². The van der Waals surface area contributed by atoms with Gasteiger partial charge in [0, 0.05) is 0 Å². The number of amidine groups is 1. The second-order valence-corrected chi connectivity index (χ2v) is 6.05. The van der Waals surface area contributed by atoms with Gasteiger partial charge in [0.2, 0.25) is 0 Å². The van der Waals surface area contributed by atoms with E-state index in [2.05, 4.69) is 30.6 Å². The predicted molar refractivity (Wildman–Crippen MR) is 97.4 cm³/mol. The fourth-order valence-corrected chi connectivity index (χ4v) is 2.47. The van der Waals surface area contributed by atoms with Gasteiger partial charge in [0.25, 0.3) is 0 Å². The molecule has 1 aliphatic heterocycles. The van der Waals surface area contributed by atoms with Gasteiger partial charge in [0.15, 0.2) is 17.3 Å². The van der Waals surface area contributed by atoms with Crippen molar-refractivity contribution in [2.24, 2.45) is 4.99 Å². The second kappa shape index (κ2) is 7.27. The molecule has 0 fully saturated rings. The van der Waals surface area contributed by atoms with Crippen LogP contribution in [-0.2, 0) is 0 Å². The Bertz CT molecular complexity index is 926. The number of pyridine rings is 1. The first-order valence-electron chi connectivity index (χ1n) is 8.11. The van der Waals surface area contributed by atoms with E-state index in [1.54, 1.807) is 13.0 Å². The smallest absolute Gasteiger partial charge is 0.183 e. The van der Waals surface area contributed by atoms with Crippen LogP contribution in [0.2, 0.25) is 0 Å². The van der Waals surface area contributed by atoms with Crippen LogP contribution < -0.4 is 10.6 Å². The normalized spacial score (nSPS) is 14.3. The summed E-state index contributed by atoms with van der Waals surface area (Å²) in [7, 11) is 0. The molecule has 0 spiro atoms. The van der Waals surface area contributed by atoms with Gasteiger partial charge in [-0.1, -0.05) is 0 Å². The molecule has 2 N–H and O–H groups in total. The molecule has 0 saturated heterocycles. The number of nitriles is 1. The lowest BCUT2D eigenvalue weighted by Gasteiger charge is -2.16. The zero-order valence-corrected chi connectivity index (χ0v) is 14.7. The van der Waals surface area contributed by atoms with Crippen LogP contribution in [0.15, 0.2) is 35.0 Å². The van der Waals surface area contributed by atoms with E-state index in [0.29, 0.717) is 35.4 Å². The molecule has 0 aliphatic carbocycles. The Kier molecular flexibility index (Phi) is 4.89. The van der Waals surface area contributed by atoms with Crippen molar-refractivity contribution in [3.63, 3.8) is 0 Å². The molecule has 2 aromatic rings. The van der Waals surface area contributed by atoms with Crippen LogP contribution in [0.25, 0.3) is 0 Å². The van der Waals surface area contributed by atoms with Crippen molar-refractivity contribution in [2.45, 2.75) is 26.8 Å². The molecule has 1 atom stereocenters. The van der Waals surface area contributed by atoms with Gasteiger partial charge in [-0.3, -0.25) is 9.98 Å². The Balaban J connectivity index is 1.86. The molecule has 8 heteroatoms. The van der Waals surface area contributed by atoms with E-state index in [1.165, 1.54) is 6.07 Å². The lowest BCUT2D eigenvalue weighted by molar-refractivity contribution is 0.617. The monoisotopic (exact) mass is 351 g/mol. The van der Waals surface area contributed by atoms with E-state index in [0.717, 1.165) is 11.8 Å². The second-order valence-electron chi connectivity index (χ2n) is 6.05. The van der Waals surface area contributed by atoms with E-state index in [1.807, 2.05) is 26.0 Å². The zero-order chi connectivity index (χ0) is 18.7. The third-order valence-corrected chi connectivity index (χ3v) is 3.85. The van der Waals surface area contributed by atoms with Gasteiger partial charge in [-0.05, 0) is 44.6 Å². The van der Waals surface area contributed by atoms with Crippen LogP contribution in [0, 0.1) is 24.1 Å². The van der Waals surface area contributed by atoms with Gasteiger partial charge in [-0.2, -0.15) is 5.26 Å². The standard InChI is InChI=1S/C18H18FN7/c1-10-6-16(22-8-10)25-17-12(3)23-15(7-20)18(26-17)24-11(2)14-5-4-13(19)9-21-14/h4-6,9,11H,8H2,1-3H3,(H2,22,24,25,26). The summed E-state index contributed by atoms with van der Waals surface area (Å²) in [6.45, 7) is 6.28. The maximum atomic E-state index is 13.0. The molecule has 0 saturated carbocycles. The van der Waals surface area contributed by atoms with Crippen LogP contribution in [-0.4, -0.2) is 27.3 Å². The first kappa shape index (κ1) is 17.5. The first-order valence-corrected chi connectivity index (χ1v) is 8.11. The maximum Gasteiger partial charge on any atom is 0.183 e. The number of nitrogens with zero attached hydrogens (tertiary/aromatic N) is 5. The van der Waals surface area contributed by atoms with Gasteiger partial charge < -0.3 is 10.6 Å². The lowest BCUT2D eigenvalue weighted by atomic mass is 10.2. The molecule has 1 unspecified atom stereocenters. The molecule has 2 aromatic heterocycles. The molecule has 0 radical (unpaired) electrons. The van der Waals surface area contributed by atoms with Crippen molar-refractivity contribution < 1.29 is 4.39 Å². The molecular formula is C18H18FN7. The Labute approximate surface area is 150 Å². The molecule has 0 bridgehead atoms. The Hall–Kier alpha value is -3.34. The highest BCUT2D eigenvalue weighted by molar-refractivity contribution is 6.05. The maximum absolute atomic E-state index is 13.0. The molecule has 0 amide bonds. The van der Waals surface area contributed by atoms with Gasteiger partial charge in [0.05, 0.1) is 30.2 Å². The predicted octanol–water partition coefficient (Wildman–Crippen LogP) is 3.13. The Morgan fingerprint density at radius 2 is 2.04 bits per heavy atom. The van der Waals surface area contributed by atoms with Gasteiger partial charge in [0.1, 0.15) is 17.7 Å². The van der Waals surface area contributed by atoms with Gasteiger partial charge >= 0.3 is 0 Å². The largest absolute Gasteiger partial charge is 0.359 e. The molecule has 3 heterocycles. The highest BCUT2D eigenvalue weighted by Gasteiger charge is 2.16. The van der Waals surface area contributed by atoms with E-state index < -0.39 is 5.82 Å². The minimum Gasteiger partial charge on any atom is -0.359 e. The summed E-state index contributed by atoms with van der Waals surface area (Å²) in [5, 5.41) is 15.6. The van der Waals surface area contributed by atoms with Crippen molar-refractivity contribution in [2.75, 3.05) is 17.2 Å². The molecular weight excluding hydrogens is 333 g/mol. The summed E-state index contributed by atoms with van der Waals surface area (Å²) >= 11 is 0. The number of nitrogens with one attached hydrogen (secondary N) is 2. The van der Waals surface area contributed by atoms with Crippen LogP contribution in [0.1, 0.15) is 37.0 Å². The van der Waals surface area contributed by atoms with Crippen LogP contribution in [0.3, 0.4) is 0 Å². The van der Waals surface area contributed by atoms with Gasteiger partial charge in [-0.25, -0.2) is 14.4 Å². The van der Waals surface area contributed by atoms with Crippen LogP contribution >= 0.6 is 0 Å². The van der Waals surface area contributed by atoms with E-state index in [4.69, 9.17) is 0 Å². The van der Waals surface area contributed by atoms with Crippen molar-refractivity contribution in [1.82, 2.24) is 15.0 Å². The third-order valence-electron chi connectivity index (χ3n) is 3.85. The number of rotatable bonds is 4. The Morgan fingerprint density at radius 3 is 2.65 bits per heavy atom.